The number of hydrogen-bond acceptors (Lipinski definition) is 3. The van der Waals surface area contributed by atoms with Crippen LogP contribution < -0.4 is 10.6 Å². The van der Waals surface area contributed by atoms with Gasteiger partial charge >= 0.3 is 0 Å². The van der Waals surface area contributed by atoms with Crippen molar-refractivity contribution in [2.45, 2.75) is 32.6 Å². The van der Waals surface area contributed by atoms with Crippen molar-refractivity contribution in [3.05, 3.63) is 29.8 Å². The number of thioether (sulfide) groups is 1. The zero-order valence-corrected chi connectivity index (χ0v) is 15.8. The van der Waals surface area contributed by atoms with Gasteiger partial charge in [0.15, 0.2) is 5.96 Å². The Bertz CT molecular complexity index is 588. The van der Waals surface area contributed by atoms with Gasteiger partial charge in [-0.2, -0.15) is 11.8 Å². The molecule has 1 heterocycles. The molecule has 1 aliphatic rings. The van der Waals surface area contributed by atoms with Crippen molar-refractivity contribution in [1.82, 2.24) is 10.2 Å². The first-order valence-electron chi connectivity index (χ1n) is 8.43. The van der Waals surface area contributed by atoms with Crippen LogP contribution in [0, 0.1) is 5.92 Å². The summed E-state index contributed by atoms with van der Waals surface area (Å²) in [5, 5.41) is 6.92. The fourth-order valence-electron chi connectivity index (χ4n) is 2.75. The molecule has 5 nitrogen and oxygen atoms in total. The molecule has 1 unspecified atom stereocenters. The minimum atomic E-state index is -0.0542. The topological polar surface area (TPSA) is 56.7 Å². The van der Waals surface area contributed by atoms with Crippen LogP contribution >= 0.6 is 11.8 Å². The van der Waals surface area contributed by atoms with Crippen molar-refractivity contribution in [3.63, 3.8) is 0 Å². The van der Waals surface area contributed by atoms with Crippen molar-refractivity contribution < 1.29 is 4.79 Å². The Morgan fingerprint density at radius 3 is 2.92 bits per heavy atom. The quantitative estimate of drug-likeness (QED) is 0.649. The van der Waals surface area contributed by atoms with Gasteiger partial charge in [0.25, 0.3) is 0 Å². The van der Waals surface area contributed by atoms with Crippen LogP contribution in [0.15, 0.2) is 29.3 Å². The molecule has 1 aromatic carbocycles. The first kappa shape index (κ1) is 18.6. The molecule has 132 valence electrons. The monoisotopic (exact) mass is 348 g/mol. The van der Waals surface area contributed by atoms with E-state index in [9.17, 15) is 4.79 Å². The summed E-state index contributed by atoms with van der Waals surface area (Å²) in [5.41, 5.74) is 1.94. The zero-order chi connectivity index (χ0) is 17.5. The van der Waals surface area contributed by atoms with Crippen LogP contribution in [0.5, 0.6) is 0 Å². The largest absolute Gasteiger partial charge is 0.352 e. The molecule has 6 heteroatoms. The number of nitrogens with one attached hydrogen (secondary N) is 2. The van der Waals surface area contributed by atoms with Crippen molar-refractivity contribution in [2.75, 3.05) is 31.2 Å². The lowest BCUT2D eigenvalue weighted by atomic mass is 10.1. The molecule has 0 radical (unpaired) electrons. The van der Waals surface area contributed by atoms with Gasteiger partial charge in [-0.05, 0) is 23.6 Å². The smallest absolute Gasteiger partial charge is 0.221 e. The van der Waals surface area contributed by atoms with E-state index in [2.05, 4.69) is 52.2 Å². The molecule has 2 rings (SSSR count). The van der Waals surface area contributed by atoms with E-state index in [0.717, 1.165) is 36.1 Å². The molecule has 1 atom stereocenters. The average molecular weight is 349 g/mol. The van der Waals surface area contributed by atoms with Crippen LogP contribution in [0.4, 0.5) is 5.69 Å². The van der Waals surface area contributed by atoms with E-state index >= 15 is 0 Å². The highest BCUT2D eigenvalue weighted by Gasteiger charge is 2.24. The number of amides is 1. The lowest BCUT2D eigenvalue weighted by molar-refractivity contribution is -0.114. The van der Waals surface area contributed by atoms with Crippen molar-refractivity contribution in [2.24, 2.45) is 10.9 Å². The van der Waals surface area contributed by atoms with Gasteiger partial charge in [-0.1, -0.05) is 26.0 Å². The standard InChI is InChI=1S/C18H28N4OS/c1-13(2)17-12-22(8-9-24-17)18(19-4)20-11-15-6-5-7-16(10-15)21-14(3)23/h5-7,10,13,17H,8-9,11-12H2,1-4H3,(H,19,20)(H,21,23). The summed E-state index contributed by atoms with van der Waals surface area (Å²) in [6, 6.07) is 7.89. The average Bonchev–Trinajstić information content (AvgIpc) is 2.55. The highest BCUT2D eigenvalue weighted by molar-refractivity contribution is 8.00. The van der Waals surface area contributed by atoms with Crippen LogP contribution in [0.3, 0.4) is 0 Å². The van der Waals surface area contributed by atoms with Gasteiger partial charge < -0.3 is 15.5 Å². The number of carbonyl (C=O) groups excluding carboxylic acids is 1. The van der Waals surface area contributed by atoms with Crippen molar-refractivity contribution in [1.29, 1.82) is 0 Å². The second-order valence-corrected chi connectivity index (χ2v) is 7.73. The highest BCUT2D eigenvalue weighted by atomic mass is 32.2. The van der Waals surface area contributed by atoms with Crippen LogP contribution in [-0.4, -0.2) is 47.9 Å². The molecule has 1 fully saturated rings. The maximum Gasteiger partial charge on any atom is 0.221 e. The number of benzene rings is 1. The van der Waals surface area contributed by atoms with Crippen molar-refractivity contribution >= 4 is 29.3 Å². The molecule has 0 aliphatic carbocycles. The molecule has 1 aromatic rings. The molecular weight excluding hydrogens is 320 g/mol. The van der Waals surface area contributed by atoms with Crippen LogP contribution in [0.1, 0.15) is 26.3 Å². The molecule has 0 saturated carbocycles. The summed E-state index contributed by atoms with van der Waals surface area (Å²) in [6.07, 6.45) is 0. The maximum absolute atomic E-state index is 11.2. The third kappa shape index (κ3) is 5.44. The van der Waals surface area contributed by atoms with E-state index in [-0.39, 0.29) is 5.91 Å². The first-order chi connectivity index (χ1) is 11.5. The Labute approximate surface area is 149 Å². The summed E-state index contributed by atoms with van der Waals surface area (Å²) in [6.45, 7) is 8.84. The Hall–Kier alpha value is -1.69. The number of carbonyl (C=O) groups is 1. The Kier molecular flexibility index (Phi) is 6.97. The fraction of sp³-hybridized carbons (Fsp3) is 0.556. The SMILES string of the molecule is CN=C(NCc1cccc(NC(C)=O)c1)N1CCSC(C(C)C)C1. The van der Waals surface area contributed by atoms with E-state index in [1.165, 1.54) is 6.92 Å². The van der Waals surface area contributed by atoms with E-state index in [1.807, 2.05) is 25.2 Å². The predicted octanol–water partition coefficient (Wildman–Crippen LogP) is 2.79. The molecule has 24 heavy (non-hydrogen) atoms. The van der Waals surface area contributed by atoms with Gasteiger partial charge in [0.05, 0.1) is 0 Å². The van der Waals surface area contributed by atoms with E-state index < -0.39 is 0 Å². The van der Waals surface area contributed by atoms with Crippen LogP contribution in [0.25, 0.3) is 0 Å². The number of hydrogen-bond donors (Lipinski definition) is 2. The van der Waals surface area contributed by atoms with Crippen LogP contribution in [-0.2, 0) is 11.3 Å². The summed E-state index contributed by atoms with van der Waals surface area (Å²) < 4.78 is 0. The van der Waals surface area contributed by atoms with Crippen molar-refractivity contribution in [3.8, 4) is 0 Å². The van der Waals surface area contributed by atoms with Crippen LogP contribution in [0.2, 0.25) is 0 Å². The fourth-order valence-corrected chi connectivity index (χ4v) is 4.05. The number of anilines is 1. The van der Waals surface area contributed by atoms with Gasteiger partial charge in [0, 0.05) is 50.3 Å². The zero-order valence-electron chi connectivity index (χ0n) is 15.0. The number of rotatable bonds is 4. The third-order valence-electron chi connectivity index (χ3n) is 4.05. The minimum Gasteiger partial charge on any atom is -0.352 e. The molecule has 1 amide bonds. The van der Waals surface area contributed by atoms with E-state index in [1.54, 1.807) is 0 Å². The Morgan fingerprint density at radius 2 is 2.25 bits per heavy atom. The molecule has 1 aliphatic heterocycles. The van der Waals surface area contributed by atoms with E-state index in [0.29, 0.717) is 17.7 Å². The highest BCUT2D eigenvalue weighted by Crippen LogP contribution is 2.24. The summed E-state index contributed by atoms with van der Waals surface area (Å²) in [4.78, 5) is 18.0. The van der Waals surface area contributed by atoms with Gasteiger partial charge in [-0.3, -0.25) is 9.79 Å². The lowest BCUT2D eigenvalue weighted by Gasteiger charge is -2.36. The molecule has 2 N–H and O–H groups in total. The number of guanidine groups is 1. The molecule has 0 spiro atoms. The molecule has 0 bridgehead atoms. The second kappa shape index (κ2) is 8.97. The Morgan fingerprint density at radius 1 is 1.46 bits per heavy atom. The third-order valence-corrected chi connectivity index (χ3v) is 5.59. The van der Waals surface area contributed by atoms with Gasteiger partial charge in [0.1, 0.15) is 0 Å². The first-order valence-corrected chi connectivity index (χ1v) is 9.48. The number of nitrogens with zero attached hydrogens (tertiary/aromatic N) is 2. The second-order valence-electron chi connectivity index (χ2n) is 6.38. The molecule has 1 saturated heterocycles. The van der Waals surface area contributed by atoms with Gasteiger partial charge in [0.2, 0.25) is 5.91 Å². The van der Waals surface area contributed by atoms with Gasteiger partial charge in [-0.15, -0.1) is 0 Å². The number of aliphatic imine (C=N–C) groups is 1. The summed E-state index contributed by atoms with van der Waals surface area (Å²) in [5.74, 6) is 2.71. The molecular formula is C18H28N4OS. The normalized spacial score (nSPS) is 18.6. The van der Waals surface area contributed by atoms with Gasteiger partial charge in [-0.25, -0.2) is 0 Å². The lowest BCUT2D eigenvalue weighted by Crippen LogP contribution is -2.48. The summed E-state index contributed by atoms with van der Waals surface area (Å²) >= 11 is 2.06. The molecule has 0 aromatic heterocycles. The summed E-state index contributed by atoms with van der Waals surface area (Å²) in [7, 11) is 1.84. The minimum absolute atomic E-state index is 0.0542. The Balaban J connectivity index is 1.95. The predicted molar refractivity (Wildman–Crippen MR) is 104 cm³/mol. The van der Waals surface area contributed by atoms with E-state index in [4.69, 9.17) is 0 Å². The maximum atomic E-state index is 11.2.